The first-order valence-electron chi connectivity index (χ1n) is 9.03. The van der Waals surface area contributed by atoms with Gasteiger partial charge in [-0.2, -0.15) is 0 Å². The number of rotatable bonds is 2. The molecule has 0 aliphatic carbocycles. The van der Waals surface area contributed by atoms with Crippen molar-refractivity contribution in [2.45, 2.75) is 39.8 Å². The Bertz CT molecular complexity index is 924. The molecule has 0 N–H and O–H groups in total. The van der Waals surface area contributed by atoms with Crippen LogP contribution in [0.5, 0.6) is 0 Å². The van der Waals surface area contributed by atoms with Gasteiger partial charge in [0.1, 0.15) is 0 Å². The van der Waals surface area contributed by atoms with Gasteiger partial charge >= 0.3 is 0 Å². The van der Waals surface area contributed by atoms with Gasteiger partial charge in [-0.05, 0) is 37.5 Å². The number of carbonyl (C=O) groups is 1. The maximum Gasteiger partial charge on any atom is 0.219 e. The minimum Gasteiger partial charge on any atom is -0.340 e. The van der Waals surface area contributed by atoms with Crippen molar-refractivity contribution in [2.24, 2.45) is 0 Å². The van der Waals surface area contributed by atoms with E-state index in [1.54, 1.807) is 6.92 Å². The number of aryl methyl sites for hydroxylation is 1. The van der Waals surface area contributed by atoms with Gasteiger partial charge in [0.15, 0.2) is 0 Å². The van der Waals surface area contributed by atoms with Crippen molar-refractivity contribution in [3.63, 3.8) is 0 Å². The fraction of sp³-hybridized carbons (Fsp3) is 0.318. The van der Waals surface area contributed by atoms with Gasteiger partial charge in [-0.3, -0.25) is 4.79 Å². The SMILES string of the molecule is CC(=O)N1CCCc2c(c3cc(C)ccc3n2Cc2ccccc2)C1. The predicted octanol–water partition coefficient (Wildman–Crippen LogP) is 4.29. The van der Waals surface area contributed by atoms with E-state index in [1.807, 2.05) is 4.90 Å². The molecule has 128 valence electrons. The van der Waals surface area contributed by atoms with Crippen molar-refractivity contribution >= 4 is 16.8 Å². The predicted molar refractivity (Wildman–Crippen MR) is 102 cm³/mol. The van der Waals surface area contributed by atoms with E-state index in [0.717, 1.165) is 32.5 Å². The summed E-state index contributed by atoms with van der Waals surface area (Å²) in [6, 6.07) is 17.3. The Morgan fingerprint density at radius 3 is 2.68 bits per heavy atom. The standard InChI is InChI=1S/C22H24N2O/c1-16-10-11-22-19(13-16)20-15-23(17(2)25)12-6-9-21(20)24(22)14-18-7-4-3-5-8-18/h3-5,7-8,10-11,13H,6,9,12,14-15H2,1-2H3. The lowest BCUT2D eigenvalue weighted by molar-refractivity contribution is -0.129. The third kappa shape index (κ3) is 2.95. The summed E-state index contributed by atoms with van der Waals surface area (Å²) in [5.74, 6) is 0.171. The van der Waals surface area contributed by atoms with Crippen LogP contribution in [0.25, 0.3) is 10.9 Å². The Labute approximate surface area is 148 Å². The molecule has 0 spiro atoms. The number of nitrogens with zero attached hydrogens (tertiary/aromatic N) is 2. The quantitative estimate of drug-likeness (QED) is 0.687. The zero-order valence-electron chi connectivity index (χ0n) is 15.0. The molecule has 2 heterocycles. The van der Waals surface area contributed by atoms with Crippen LogP contribution in [0.15, 0.2) is 48.5 Å². The fourth-order valence-electron chi connectivity index (χ4n) is 3.98. The van der Waals surface area contributed by atoms with Crippen molar-refractivity contribution in [3.8, 4) is 0 Å². The highest BCUT2D eigenvalue weighted by molar-refractivity contribution is 5.87. The van der Waals surface area contributed by atoms with Crippen LogP contribution in [-0.4, -0.2) is 21.9 Å². The molecule has 0 bridgehead atoms. The van der Waals surface area contributed by atoms with Gasteiger partial charge < -0.3 is 9.47 Å². The third-order valence-electron chi connectivity index (χ3n) is 5.26. The van der Waals surface area contributed by atoms with Crippen LogP contribution < -0.4 is 0 Å². The highest BCUT2D eigenvalue weighted by Crippen LogP contribution is 2.32. The first-order valence-corrected chi connectivity index (χ1v) is 9.03. The molecular weight excluding hydrogens is 308 g/mol. The van der Waals surface area contributed by atoms with Gasteiger partial charge in [-0.1, -0.05) is 42.0 Å². The van der Waals surface area contributed by atoms with Crippen LogP contribution in [0.1, 0.15) is 35.7 Å². The van der Waals surface area contributed by atoms with Crippen LogP contribution >= 0.6 is 0 Å². The largest absolute Gasteiger partial charge is 0.340 e. The third-order valence-corrected chi connectivity index (χ3v) is 5.26. The van der Waals surface area contributed by atoms with Crippen molar-refractivity contribution in [2.75, 3.05) is 6.54 Å². The number of hydrogen-bond acceptors (Lipinski definition) is 1. The van der Waals surface area contributed by atoms with Gasteiger partial charge in [0, 0.05) is 48.7 Å². The molecule has 0 saturated carbocycles. The van der Waals surface area contributed by atoms with E-state index in [-0.39, 0.29) is 5.91 Å². The van der Waals surface area contributed by atoms with E-state index in [9.17, 15) is 4.79 Å². The second kappa shape index (κ2) is 6.40. The van der Waals surface area contributed by atoms with Crippen LogP contribution in [0.2, 0.25) is 0 Å². The summed E-state index contributed by atoms with van der Waals surface area (Å²) in [4.78, 5) is 14.0. The molecule has 1 aliphatic heterocycles. The zero-order chi connectivity index (χ0) is 17.4. The lowest BCUT2D eigenvalue weighted by atomic mass is 10.1. The van der Waals surface area contributed by atoms with Gasteiger partial charge in [-0.15, -0.1) is 0 Å². The number of hydrogen-bond donors (Lipinski definition) is 0. The average molecular weight is 332 g/mol. The van der Waals surface area contributed by atoms with Crippen molar-refractivity contribution in [3.05, 3.63) is 70.9 Å². The van der Waals surface area contributed by atoms with Gasteiger partial charge in [0.05, 0.1) is 0 Å². The van der Waals surface area contributed by atoms with Crippen LogP contribution in [0.3, 0.4) is 0 Å². The second-order valence-corrected chi connectivity index (χ2v) is 7.06. The molecule has 1 aliphatic rings. The van der Waals surface area contributed by atoms with E-state index in [2.05, 4.69) is 60.0 Å². The molecule has 0 atom stereocenters. The lowest BCUT2D eigenvalue weighted by Gasteiger charge is -2.18. The van der Waals surface area contributed by atoms with Crippen LogP contribution in [0.4, 0.5) is 0 Å². The molecule has 2 aromatic carbocycles. The Hall–Kier alpha value is -2.55. The monoisotopic (exact) mass is 332 g/mol. The van der Waals surface area contributed by atoms with Crippen molar-refractivity contribution in [1.82, 2.24) is 9.47 Å². The second-order valence-electron chi connectivity index (χ2n) is 7.06. The Morgan fingerprint density at radius 1 is 1.12 bits per heavy atom. The maximum absolute atomic E-state index is 12.0. The minimum atomic E-state index is 0.171. The molecule has 1 aromatic heterocycles. The van der Waals surface area contributed by atoms with Crippen LogP contribution in [-0.2, 0) is 24.3 Å². The van der Waals surface area contributed by atoms with Gasteiger partial charge in [0.25, 0.3) is 0 Å². The number of fused-ring (bicyclic) bond motifs is 3. The van der Waals surface area contributed by atoms with E-state index >= 15 is 0 Å². The Balaban J connectivity index is 1.88. The molecule has 0 unspecified atom stereocenters. The molecule has 0 radical (unpaired) electrons. The summed E-state index contributed by atoms with van der Waals surface area (Å²) in [6.45, 7) is 6.28. The molecule has 0 saturated heterocycles. The van der Waals surface area contributed by atoms with E-state index in [1.165, 1.54) is 33.3 Å². The van der Waals surface area contributed by atoms with E-state index in [4.69, 9.17) is 0 Å². The number of carbonyl (C=O) groups excluding carboxylic acids is 1. The zero-order valence-corrected chi connectivity index (χ0v) is 15.0. The molecule has 25 heavy (non-hydrogen) atoms. The Morgan fingerprint density at radius 2 is 1.92 bits per heavy atom. The molecule has 3 heteroatoms. The normalized spacial score (nSPS) is 14.4. The number of benzene rings is 2. The summed E-state index contributed by atoms with van der Waals surface area (Å²) in [5.41, 5.74) is 6.60. The van der Waals surface area contributed by atoms with Gasteiger partial charge in [0.2, 0.25) is 5.91 Å². The summed E-state index contributed by atoms with van der Waals surface area (Å²) in [6.07, 6.45) is 2.05. The number of aromatic nitrogens is 1. The first kappa shape index (κ1) is 15.9. The molecular formula is C22H24N2O. The number of amides is 1. The first-order chi connectivity index (χ1) is 12.1. The van der Waals surface area contributed by atoms with Crippen LogP contribution in [0, 0.1) is 6.92 Å². The topological polar surface area (TPSA) is 25.2 Å². The molecule has 3 aromatic rings. The van der Waals surface area contributed by atoms with Crippen molar-refractivity contribution < 1.29 is 4.79 Å². The smallest absolute Gasteiger partial charge is 0.219 e. The molecule has 0 fully saturated rings. The van der Waals surface area contributed by atoms with Gasteiger partial charge in [-0.25, -0.2) is 0 Å². The van der Waals surface area contributed by atoms with E-state index < -0.39 is 0 Å². The molecule has 4 rings (SSSR count). The lowest BCUT2D eigenvalue weighted by Crippen LogP contribution is -2.28. The Kier molecular flexibility index (Phi) is 4.08. The minimum absolute atomic E-state index is 0.171. The highest BCUT2D eigenvalue weighted by atomic mass is 16.2. The molecule has 3 nitrogen and oxygen atoms in total. The van der Waals surface area contributed by atoms with E-state index in [0.29, 0.717) is 0 Å². The summed E-state index contributed by atoms with van der Waals surface area (Å²) in [7, 11) is 0. The maximum atomic E-state index is 12.0. The average Bonchev–Trinajstić information content (AvgIpc) is 2.76. The summed E-state index contributed by atoms with van der Waals surface area (Å²) in [5, 5.41) is 1.30. The fourth-order valence-corrected chi connectivity index (χ4v) is 3.98. The van der Waals surface area contributed by atoms with Crippen molar-refractivity contribution in [1.29, 1.82) is 0 Å². The molecule has 1 amide bonds. The summed E-state index contributed by atoms with van der Waals surface area (Å²) >= 11 is 0. The summed E-state index contributed by atoms with van der Waals surface area (Å²) < 4.78 is 2.46. The highest BCUT2D eigenvalue weighted by Gasteiger charge is 2.23.